The summed E-state index contributed by atoms with van der Waals surface area (Å²) >= 11 is 0. The Balaban J connectivity index is 2.46. The molecule has 0 heterocycles. The summed E-state index contributed by atoms with van der Waals surface area (Å²) < 4.78 is 5.55. The van der Waals surface area contributed by atoms with Gasteiger partial charge in [-0.25, -0.2) is 0 Å². The molecular formula is C14H19NO2. The van der Waals surface area contributed by atoms with Crippen LogP contribution in [-0.4, -0.2) is 11.7 Å². The third-order valence-corrected chi connectivity index (χ3v) is 2.66. The van der Waals surface area contributed by atoms with Crippen LogP contribution in [0.5, 0.6) is 5.75 Å². The van der Waals surface area contributed by atoms with Crippen LogP contribution in [0, 0.1) is 16.7 Å². The lowest BCUT2D eigenvalue weighted by Crippen LogP contribution is -2.13. The van der Waals surface area contributed by atoms with Gasteiger partial charge >= 0.3 is 0 Å². The Hall–Kier alpha value is -1.53. The van der Waals surface area contributed by atoms with Crippen LogP contribution in [0.1, 0.15) is 38.9 Å². The minimum Gasteiger partial charge on any atom is -0.494 e. The third-order valence-electron chi connectivity index (χ3n) is 2.66. The van der Waals surface area contributed by atoms with Crippen LogP contribution < -0.4 is 4.74 Å². The lowest BCUT2D eigenvalue weighted by Gasteiger charge is -2.15. The molecule has 0 saturated heterocycles. The highest BCUT2D eigenvalue weighted by Crippen LogP contribution is 2.21. The lowest BCUT2D eigenvalue weighted by molar-refractivity contribution is 0.199. The molecule has 0 fully saturated rings. The fourth-order valence-electron chi connectivity index (χ4n) is 1.32. The minimum absolute atomic E-state index is 0.348. The molecule has 0 saturated carbocycles. The number of hydrogen-bond donors (Lipinski definition) is 1. The number of ether oxygens (including phenoxy) is 1. The molecule has 0 aliphatic rings. The Labute approximate surface area is 103 Å². The molecule has 17 heavy (non-hydrogen) atoms. The van der Waals surface area contributed by atoms with E-state index in [0.717, 1.165) is 11.3 Å². The molecule has 0 unspecified atom stereocenters. The molecular weight excluding hydrogens is 214 g/mol. The molecule has 1 aromatic carbocycles. The van der Waals surface area contributed by atoms with Crippen molar-refractivity contribution in [3.63, 3.8) is 0 Å². The van der Waals surface area contributed by atoms with Gasteiger partial charge < -0.3 is 9.84 Å². The van der Waals surface area contributed by atoms with Crippen molar-refractivity contribution in [3.8, 4) is 11.8 Å². The average molecular weight is 233 g/mol. The first kappa shape index (κ1) is 13.5. The van der Waals surface area contributed by atoms with Crippen LogP contribution >= 0.6 is 0 Å². The van der Waals surface area contributed by atoms with E-state index >= 15 is 0 Å². The second-order valence-electron chi connectivity index (χ2n) is 4.84. The van der Waals surface area contributed by atoms with E-state index in [1.807, 2.05) is 38.1 Å². The van der Waals surface area contributed by atoms with Gasteiger partial charge in [0.15, 0.2) is 0 Å². The number of nitrogens with zero attached hydrogens (tertiary/aromatic N) is 1. The lowest BCUT2D eigenvalue weighted by atomic mass is 9.92. The summed E-state index contributed by atoms with van der Waals surface area (Å²) in [7, 11) is 0. The molecule has 1 rings (SSSR count). The summed E-state index contributed by atoms with van der Waals surface area (Å²) in [4.78, 5) is 0. The predicted molar refractivity (Wildman–Crippen MR) is 66.6 cm³/mol. The van der Waals surface area contributed by atoms with Crippen LogP contribution in [0.4, 0.5) is 0 Å². The summed E-state index contributed by atoms with van der Waals surface area (Å²) in [5, 5.41) is 18.2. The maximum absolute atomic E-state index is 9.35. The van der Waals surface area contributed by atoms with E-state index in [2.05, 4.69) is 6.07 Å². The van der Waals surface area contributed by atoms with Gasteiger partial charge in [0, 0.05) is 0 Å². The van der Waals surface area contributed by atoms with E-state index in [1.165, 1.54) is 0 Å². The van der Waals surface area contributed by atoms with Crippen molar-refractivity contribution in [3.05, 3.63) is 29.8 Å². The molecule has 0 bridgehead atoms. The zero-order chi connectivity index (χ0) is 12.9. The average Bonchev–Trinajstić information content (AvgIpc) is 2.29. The largest absolute Gasteiger partial charge is 0.494 e. The molecule has 0 radical (unpaired) electrons. The van der Waals surface area contributed by atoms with Crippen LogP contribution in [0.25, 0.3) is 0 Å². The molecule has 92 valence electrons. The van der Waals surface area contributed by atoms with Gasteiger partial charge in [0.2, 0.25) is 0 Å². The topological polar surface area (TPSA) is 53.2 Å². The van der Waals surface area contributed by atoms with Gasteiger partial charge in [-0.05, 0) is 44.9 Å². The molecule has 0 amide bonds. The third kappa shape index (κ3) is 4.46. The number of nitriles is 1. The van der Waals surface area contributed by atoms with Crippen LogP contribution in [-0.2, 0) is 0 Å². The molecule has 1 N–H and O–H groups in total. The van der Waals surface area contributed by atoms with Crippen LogP contribution in [0.2, 0.25) is 0 Å². The molecule has 1 atom stereocenters. The normalized spacial score (nSPS) is 12.9. The van der Waals surface area contributed by atoms with E-state index in [-0.39, 0.29) is 5.41 Å². The number of rotatable bonds is 5. The fourth-order valence-corrected chi connectivity index (χ4v) is 1.32. The van der Waals surface area contributed by atoms with E-state index in [4.69, 9.17) is 10.00 Å². The molecule has 0 aliphatic carbocycles. The van der Waals surface area contributed by atoms with E-state index < -0.39 is 6.10 Å². The van der Waals surface area contributed by atoms with Gasteiger partial charge in [-0.15, -0.1) is 0 Å². The fraction of sp³-hybridized carbons (Fsp3) is 0.500. The highest BCUT2D eigenvalue weighted by molar-refractivity contribution is 5.28. The van der Waals surface area contributed by atoms with Crippen molar-refractivity contribution in [1.82, 2.24) is 0 Å². The standard InChI is InChI=1S/C14H19NO2/c1-11(16)12-4-6-13(7-5-12)17-9-8-14(2,3)10-15/h4-7,11,16H,8-9H2,1-3H3/t11-/m1/s1. The van der Waals surface area contributed by atoms with Crippen LogP contribution in [0.3, 0.4) is 0 Å². The van der Waals surface area contributed by atoms with Gasteiger partial charge in [-0.1, -0.05) is 12.1 Å². The second-order valence-corrected chi connectivity index (χ2v) is 4.84. The number of aliphatic hydroxyl groups excluding tert-OH is 1. The van der Waals surface area contributed by atoms with Crippen LogP contribution in [0.15, 0.2) is 24.3 Å². The Morgan fingerprint density at radius 1 is 1.35 bits per heavy atom. The van der Waals surface area contributed by atoms with Gasteiger partial charge in [-0.2, -0.15) is 5.26 Å². The van der Waals surface area contributed by atoms with Crippen molar-refractivity contribution in [1.29, 1.82) is 5.26 Å². The smallest absolute Gasteiger partial charge is 0.119 e. The highest BCUT2D eigenvalue weighted by Gasteiger charge is 2.16. The summed E-state index contributed by atoms with van der Waals surface area (Å²) in [6.45, 7) is 6.04. The summed E-state index contributed by atoms with van der Waals surface area (Å²) in [6, 6.07) is 9.59. The highest BCUT2D eigenvalue weighted by atomic mass is 16.5. The van der Waals surface area contributed by atoms with Crippen molar-refractivity contribution in [2.24, 2.45) is 5.41 Å². The van der Waals surface area contributed by atoms with Gasteiger partial charge in [0.25, 0.3) is 0 Å². The Kier molecular flexibility index (Phi) is 4.53. The maximum Gasteiger partial charge on any atom is 0.119 e. The van der Waals surface area contributed by atoms with Crippen molar-refractivity contribution in [2.75, 3.05) is 6.61 Å². The first-order chi connectivity index (χ1) is 7.94. The van der Waals surface area contributed by atoms with Crippen molar-refractivity contribution < 1.29 is 9.84 Å². The quantitative estimate of drug-likeness (QED) is 0.850. The monoisotopic (exact) mass is 233 g/mol. The Morgan fingerprint density at radius 2 is 1.94 bits per heavy atom. The van der Waals surface area contributed by atoms with E-state index in [1.54, 1.807) is 6.92 Å². The second kappa shape index (κ2) is 5.70. The maximum atomic E-state index is 9.35. The summed E-state index contributed by atoms with van der Waals surface area (Å²) in [5.41, 5.74) is 0.522. The summed E-state index contributed by atoms with van der Waals surface area (Å²) in [5.74, 6) is 0.767. The molecule has 0 aliphatic heterocycles. The zero-order valence-corrected chi connectivity index (χ0v) is 10.6. The first-order valence-corrected chi connectivity index (χ1v) is 5.77. The van der Waals surface area contributed by atoms with Crippen molar-refractivity contribution >= 4 is 0 Å². The van der Waals surface area contributed by atoms with E-state index in [9.17, 15) is 5.11 Å². The van der Waals surface area contributed by atoms with Crippen molar-refractivity contribution in [2.45, 2.75) is 33.3 Å². The van der Waals surface area contributed by atoms with Gasteiger partial charge in [0.1, 0.15) is 5.75 Å². The molecule has 3 nitrogen and oxygen atoms in total. The minimum atomic E-state index is -0.457. The van der Waals surface area contributed by atoms with Gasteiger partial charge in [-0.3, -0.25) is 0 Å². The van der Waals surface area contributed by atoms with E-state index in [0.29, 0.717) is 13.0 Å². The Morgan fingerprint density at radius 3 is 2.41 bits per heavy atom. The molecule has 0 aromatic heterocycles. The number of aliphatic hydroxyl groups is 1. The Bertz CT molecular complexity index is 388. The SMILES string of the molecule is C[C@@H](O)c1ccc(OCCC(C)(C)C#N)cc1. The number of benzene rings is 1. The molecule has 3 heteroatoms. The number of hydrogen-bond acceptors (Lipinski definition) is 3. The first-order valence-electron chi connectivity index (χ1n) is 5.77. The van der Waals surface area contributed by atoms with Gasteiger partial charge in [0.05, 0.1) is 24.2 Å². The predicted octanol–water partition coefficient (Wildman–Crippen LogP) is 3.06. The zero-order valence-electron chi connectivity index (χ0n) is 10.6. The molecule has 1 aromatic rings. The molecule has 0 spiro atoms. The summed E-state index contributed by atoms with van der Waals surface area (Å²) in [6.07, 6.45) is 0.239.